The van der Waals surface area contributed by atoms with Gasteiger partial charge in [-0.25, -0.2) is 9.37 Å². The van der Waals surface area contributed by atoms with Crippen LogP contribution < -0.4 is 5.32 Å². The summed E-state index contributed by atoms with van der Waals surface area (Å²) in [7, 11) is 0. The number of halogens is 1. The molecule has 4 aromatic rings. The van der Waals surface area contributed by atoms with E-state index in [1.54, 1.807) is 6.07 Å². The Balaban J connectivity index is 1.60. The first-order chi connectivity index (χ1) is 15.5. The van der Waals surface area contributed by atoms with Gasteiger partial charge >= 0.3 is 0 Å². The van der Waals surface area contributed by atoms with E-state index in [0.717, 1.165) is 33.9 Å². The molecule has 1 aliphatic rings. The van der Waals surface area contributed by atoms with Crippen LogP contribution in [0.15, 0.2) is 42.5 Å². The third-order valence-corrected chi connectivity index (χ3v) is 5.56. The van der Waals surface area contributed by atoms with Crippen molar-refractivity contribution >= 4 is 16.7 Å². The monoisotopic (exact) mass is 429 g/mol. The maximum Gasteiger partial charge on any atom is 0.236 e. The molecule has 0 bridgehead atoms. The van der Waals surface area contributed by atoms with E-state index in [1.807, 2.05) is 29.7 Å². The number of nitrogens with one attached hydrogen (secondary N) is 1. The Hall–Kier alpha value is -3.96. The highest BCUT2D eigenvalue weighted by atomic mass is 19.1. The van der Waals surface area contributed by atoms with Gasteiger partial charge in [-0.15, -0.1) is 0 Å². The number of ether oxygens (including phenoxy) is 1. The molecule has 2 aromatic carbocycles. The van der Waals surface area contributed by atoms with Crippen molar-refractivity contribution in [3.8, 4) is 17.8 Å². The van der Waals surface area contributed by atoms with Crippen LogP contribution in [0.5, 0.6) is 5.75 Å². The molecule has 32 heavy (non-hydrogen) atoms. The first-order valence-corrected chi connectivity index (χ1v) is 10.2. The largest absolute Gasteiger partial charge is 0.508 e. The average molecular weight is 429 g/mol. The molecule has 8 heteroatoms. The summed E-state index contributed by atoms with van der Waals surface area (Å²) < 4.78 is 21.2. The molecule has 0 fully saturated rings. The van der Waals surface area contributed by atoms with Gasteiger partial charge in [0.25, 0.3) is 0 Å². The van der Waals surface area contributed by atoms with Crippen LogP contribution in [-0.4, -0.2) is 26.2 Å². The van der Waals surface area contributed by atoms with Crippen molar-refractivity contribution in [3.05, 3.63) is 76.4 Å². The van der Waals surface area contributed by atoms with Gasteiger partial charge in [0.15, 0.2) is 0 Å². The molecule has 0 saturated heterocycles. The molecule has 0 unspecified atom stereocenters. The maximum absolute atomic E-state index is 13.7. The van der Waals surface area contributed by atoms with Crippen LogP contribution in [0, 0.1) is 24.1 Å². The fourth-order valence-corrected chi connectivity index (χ4v) is 4.11. The van der Waals surface area contributed by atoms with Gasteiger partial charge in [0.2, 0.25) is 5.95 Å². The van der Waals surface area contributed by atoms with Gasteiger partial charge in [-0.1, -0.05) is 6.07 Å². The lowest BCUT2D eigenvalue weighted by atomic mass is 10.1. The summed E-state index contributed by atoms with van der Waals surface area (Å²) in [5.74, 6) is 0.473. The zero-order valence-electron chi connectivity index (χ0n) is 17.4. The van der Waals surface area contributed by atoms with Crippen molar-refractivity contribution in [1.82, 2.24) is 14.5 Å². The predicted molar refractivity (Wildman–Crippen MR) is 117 cm³/mol. The molecule has 160 valence electrons. The maximum atomic E-state index is 13.7. The summed E-state index contributed by atoms with van der Waals surface area (Å²) in [6.45, 7) is 3.19. The zero-order chi connectivity index (χ0) is 22.2. The molecule has 5 rings (SSSR count). The number of aromatic hydroxyl groups is 1. The molecule has 7 nitrogen and oxygen atoms in total. The summed E-state index contributed by atoms with van der Waals surface area (Å²) in [5.41, 5.74) is 4.72. The highest BCUT2D eigenvalue weighted by molar-refractivity contribution is 5.88. The van der Waals surface area contributed by atoms with Gasteiger partial charge in [0, 0.05) is 35.7 Å². The lowest BCUT2D eigenvalue weighted by molar-refractivity contribution is 0.109. The van der Waals surface area contributed by atoms with E-state index in [-0.39, 0.29) is 12.3 Å². The molecule has 3 heterocycles. The number of phenolic OH excluding ortho intramolecular Hbond substituents is 1. The zero-order valence-corrected chi connectivity index (χ0v) is 17.4. The molecule has 0 atom stereocenters. The molecule has 0 saturated carbocycles. The van der Waals surface area contributed by atoms with E-state index in [2.05, 4.69) is 11.4 Å². The van der Waals surface area contributed by atoms with Crippen molar-refractivity contribution in [2.75, 3.05) is 11.9 Å². The van der Waals surface area contributed by atoms with Gasteiger partial charge in [0.05, 0.1) is 36.1 Å². The van der Waals surface area contributed by atoms with Crippen molar-refractivity contribution in [2.45, 2.75) is 26.5 Å². The normalized spacial score (nSPS) is 13.0. The number of nitrogens with zero attached hydrogens (tertiary/aromatic N) is 4. The molecule has 0 radical (unpaired) electrons. The molecule has 0 amide bonds. The fraction of sp³-hybridized carbons (Fsp3) is 0.208. The van der Waals surface area contributed by atoms with Crippen LogP contribution in [0.25, 0.3) is 16.9 Å². The Morgan fingerprint density at radius 2 is 2.12 bits per heavy atom. The number of anilines is 1. The van der Waals surface area contributed by atoms with E-state index in [1.165, 1.54) is 12.1 Å². The smallest absolute Gasteiger partial charge is 0.236 e. The predicted octanol–water partition coefficient (Wildman–Crippen LogP) is 4.13. The Morgan fingerprint density at radius 1 is 1.25 bits per heavy atom. The van der Waals surface area contributed by atoms with Gasteiger partial charge in [-0.2, -0.15) is 10.2 Å². The van der Waals surface area contributed by atoms with Crippen LogP contribution in [0.1, 0.15) is 28.1 Å². The molecule has 0 spiro atoms. The SMILES string of the molecule is Cc1cc2c(C#N)cccc2n1-c1nc2c(c(NCc3cc(O)cc(F)c3)n1)COCC2. The van der Waals surface area contributed by atoms with Crippen molar-refractivity contribution in [2.24, 2.45) is 0 Å². The minimum absolute atomic E-state index is 0.127. The first-order valence-electron chi connectivity index (χ1n) is 10.2. The van der Waals surface area contributed by atoms with Crippen LogP contribution >= 0.6 is 0 Å². The standard InChI is InChI=1S/C24H20FN5O2/c1-14-7-19-16(11-26)3-2-4-22(19)30(14)24-28-21-5-6-32-13-20(21)23(29-24)27-12-15-8-17(25)10-18(31)9-15/h2-4,7-10,31H,5-6,12-13H2,1H3,(H,27,28,29). The molecular formula is C24H20FN5O2. The summed E-state index contributed by atoms with van der Waals surface area (Å²) >= 11 is 0. The van der Waals surface area contributed by atoms with Crippen LogP contribution in [-0.2, 0) is 24.3 Å². The number of phenols is 1. The van der Waals surface area contributed by atoms with Gasteiger partial charge < -0.3 is 15.2 Å². The van der Waals surface area contributed by atoms with Crippen LogP contribution in [0.3, 0.4) is 0 Å². The number of hydrogen-bond acceptors (Lipinski definition) is 6. The van der Waals surface area contributed by atoms with Crippen molar-refractivity contribution in [3.63, 3.8) is 0 Å². The van der Waals surface area contributed by atoms with E-state index in [0.29, 0.717) is 42.5 Å². The lowest BCUT2D eigenvalue weighted by Gasteiger charge is -2.21. The molecule has 0 aliphatic carbocycles. The minimum atomic E-state index is -0.502. The highest BCUT2D eigenvalue weighted by Crippen LogP contribution is 2.29. The second-order valence-corrected chi connectivity index (χ2v) is 7.74. The first kappa shape index (κ1) is 20.0. The Bertz CT molecular complexity index is 1370. The molecule has 1 aliphatic heterocycles. The van der Waals surface area contributed by atoms with Crippen LogP contribution in [0.4, 0.5) is 10.2 Å². The topological polar surface area (TPSA) is 96.0 Å². The van der Waals surface area contributed by atoms with Crippen molar-refractivity contribution in [1.29, 1.82) is 5.26 Å². The quantitative estimate of drug-likeness (QED) is 0.506. The third kappa shape index (κ3) is 3.53. The average Bonchev–Trinajstić information content (AvgIpc) is 3.12. The Labute approximate surface area is 183 Å². The third-order valence-electron chi connectivity index (χ3n) is 5.56. The van der Waals surface area contributed by atoms with E-state index in [9.17, 15) is 14.8 Å². The van der Waals surface area contributed by atoms with E-state index < -0.39 is 5.82 Å². The molecule has 2 aromatic heterocycles. The number of fused-ring (bicyclic) bond motifs is 2. The van der Waals surface area contributed by atoms with E-state index in [4.69, 9.17) is 14.7 Å². The number of rotatable bonds is 4. The number of hydrogen-bond donors (Lipinski definition) is 2. The Kier molecular flexibility index (Phi) is 4.96. The summed E-state index contributed by atoms with van der Waals surface area (Å²) in [4.78, 5) is 9.59. The summed E-state index contributed by atoms with van der Waals surface area (Å²) in [6, 6.07) is 13.7. The fourth-order valence-electron chi connectivity index (χ4n) is 4.11. The molecule has 2 N–H and O–H groups in total. The van der Waals surface area contributed by atoms with Crippen molar-refractivity contribution < 1.29 is 14.2 Å². The second-order valence-electron chi connectivity index (χ2n) is 7.74. The van der Waals surface area contributed by atoms with E-state index >= 15 is 0 Å². The minimum Gasteiger partial charge on any atom is -0.508 e. The number of aromatic nitrogens is 3. The Morgan fingerprint density at radius 3 is 2.94 bits per heavy atom. The summed E-state index contributed by atoms with van der Waals surface area (Å²) in [6.07, 6.45) is 0.655. The number of aryl methyl sites for hydroxylation is 1. The van der Waals surface area contributed by atoms with Gasteiger partial charge in [-0.05, 0) is 42.8 Å². The van der Waals surface area contributed by atoms with Gasteiger partial charge in [0.1, 0.15) is 17.4 Å². The lowest BCUT2D eigenvalue weighted by Crippen LogP contribution is -2.19. The van der Waals surface area contributed by atoms with Gasteiger partial charge in [-0.3, -0.25) is 4.57 Å². The number of nitriles is 1. The molecular weight excluding hydrogens is 409 g/mol. The highest BCUT2D eigenvalue weighted by Gasteiger charge is 2.21. The second kappa shape index (κ2) is 7.94. The van der Waals surface area contributed by atoms with Crippen LogP contribution in [0.2, 0.25) is 0 Å². The summed E-state index contributed by atoms with van der Waals surface area (Å²) in [5, 5.41) is 23.3. The number of benzene rings is 2.